The van der Waals surface area contributed by atoms with Gasteiger partial charge in [0.05, 0.1) is 5.56 Å². The number of hydrogen-bond donors (Lipinski definition) is 2. The van der Waals surface area contributed by atoms with Gasteiger partial charge in [0, 0.05) is 43.8 Å². The number of phenolic OH excluding ortho intramolecular Hbond substituents is 1. The summed E-state index contributed by atoms with van der Waals surface area (Å²) in [6, 6.07) is 14.0. The summed E-state index contributed by atoms with van der Waals surface area (Å²) in [5, 5.41) is 15.3. The average Bonchev–Trinajstić information content (AvgIpc) is 2.73. The first-order valence-corrected chi connectivity index (χ1v) is 9.33. The standard InChI is InChI=1S/C22H23N3O2/c26-15-21-20-7-6-19(11-17(20)5-8-22(21)27)25-10-2-4-18(14-25)24-13-16-3-1-9-23-12-16/h1,3,5-9,11-12,15,18,24,27H,2,4,10,13-14H2. The van der Waals surface area contributed by atoms with Crippen LogP contribution in [0.3, 0.4) is 0 Å². The number of fused-ring (bicyclic) bond motifs is 1. The number of piperidine rings is 1. The van der Waals surface area contributed by atoms with Crippen LogP contribution >= 0.6 is 0 Å². The lowest BCUT2D eigenvalue weighted by Crippen LogP contribution is -2.45. The number of hydrogen-bond acceptors (Lipinski definition) is 5. The number of aldehydes is 1. The number of aromatic hydroxyl groups is 1. The highest BCUT2D eigenvalue weighted by Gasteiger charge is 2.20. The van der Waals surface area contributed by atoms with E-state index >= 15 is 0 Å². The van der Waals surface area contributed by atoms with Gasteiger partial charge in [-0.3, -0.25) is 9.78 Å². The van der Waals surface area contributed by atoms with Gasteiger partial charge in [-0.15, -0.1) is 0 Å². The van der Waals surface area contributed by atoms with Crippen LogP contribution in [0.4, 0.5) is 5.69 Å². The molecule has 5 heteroatoms. The summed E-state index contributed by atoms with van der Waals surface area (Å²) in [7, 11) is 0. The molecule has 0 radical (unpaired) electrons. The van der Waals surface area contributed by atoms with Gasteiger partial charge in [-0.2, -0.15) is 0 Å². The molecule has 2 heterocycles. The molecule has 0 spiro atoms. The number of carbonyl (C=O) groups excluding carboxylic acids is 1. The molecular formula is C22H23N3O2. The van der Waals surface area contributed by atoms with Crippen molar-refractivity contribution in [1.82, 2.24) is 10.3 Å². The Morgan fingerprint density at radius 1 is 1.26 bits per heavy atom. The molecule has 3 aromatic rings. The van der Waals surface area contributed by atoms with Gasteiger partial charge in [-0.1, -0.05) is 18.2 Å². The minimum atomic E-state index is 0.0305. The lowest BCUT2D eigenvalue weighted by Gasteiger charge is -2.35. The van der Waals surface area contributed by atoms with Crippen molar-refractivity contribution in [3.63, 3.8) is 0 Å². The lowest BCUT2D eigenvalue weighted by molar-refractivity contribution is 0.112. The largest absolute Gasteiger partial charge is 0.507 e. The molecule has 1 aliphatic heterocycles. The molecule has 1 aromatic heterocycles. The molecule has 0 amide bonds. The number of rotatable bonds is 5. The SMILES string of the molecule is O=Cc1c(O)ccc2cc(N3CCCC(NCc4cccnc4)C3)ccc12. The van der Waals surface area contributed by atoms with Crippen molar-refractivity contribution in [2.24, 2.45) is 0 Å². The molecule has 138 valence electrons. The van der Waals surface area contributed by atoms with Crippen molar-refractivity contribution in [1.29, 1.82) is 0 Å². The Morgan fingerprint density at radius 2 is 2.19 bits per heavy atom. The lowest BCUT2D eigenvalue weighted by atomic mass is 10.0. The first kappa shape index (κ1) is 17.5. The predicted octanol–water partition coefficient (Wildman–Crippen LogP) is 3.51. The fourth-order valence-corrected chi connectivity index (χ4v) is 3.79. The normalized spacial score (nSPS) is 17.2. The summed E-state index contributed by atoms with van der Waals surface area (Å²) >= 11 is 0. The zero-order valence-electron chi connectivity index (χ0n) is 15.1. The molecular weight excluding hydrogens is 338 g/mol. The molecule has 5 nitrogen and oxygen atoms in total. The third-order valence-corrected chi connectivity index (χ3v) is 5.24. The summed E-state index contributed by atoms with van der Waals surface area (Å²) < 4.78 is 0. The van der Waals surface area contributed by atoms with Crippen molar-refractivity contribution < 1.29 is 9.90 Å². The van der Waals surface area contributed by atoms with Crippen molar-refractivity contribution in [3.8, 4) is 5.75 Å². The van der Waals surface area contributed by atoms with Crippen LogP contribution in [0, 0.1) is 0 Å². The second-order valence-electron chi connectivity index (χ2n) is 7.05. The van der Waals surface area contributed by atoms with Gasteiger partial charge >= 0.3 is 0 Å². The van der Waals surface area contributed by atoms with Crippen LogP contribution in [0.5, 0.6) is 5.75 Å². The average molecular weight is 361 g/mol. The summed E-state index contributed by atoms with van der Waals surface area (Å²) in [5.41, 5.74) is 2.70. The van der Waals surface area contributed by atoms with E-state index < -0.39 is 0 Å². The predicted molar refractivity (Wildman–Crippen MR) is 107 cm³/mol. The van der Waals surface area contributed by atoms with E-state index in [-0.39, 0.29) is 5.75 Å². The zero-order chi connectivity index (χ0) is 18.6. The van der Waals surface area contributed by atoms with E-state index in [1.807, 2.05) is 30.5 Å². The Balaban J connectivity index is 1.49. The van der Waals surface area contributed by atoms with Gasteiger partial charge in [0.1, 0.15) is 5.75 Å². The number of nitrogens with zero attached hydrogens (tertiary/aromatic N) is 2. The van der Waals surface area contributed by atoms with E-state index in [9.17, 15) is 9.90 Å². The fourth-order valence-electron chi connectivity index (χ4n) is 3.79. The molecule has 27 heavy (non-hydrogen) atoms. The maximum Gasteiger partial charge on any atom is 0.154 e. The van der Waals surface area contributed by atoms with Crippen LogP contribution in [0.1, 0.15) is 28.8 Å². The first-order chi connectivity index (χ1) is 13.2. The summed E-state index contributed by atoms with van der Waals surface area (Å²) in [6.45, 7) is 2.80. The Bertz CT molecular complexity index is 943. The van der Waals surface area contributed by atoms with Crippen LogP contribution in [0.25, 0.3) is 10.8 Å². The smallest absolute Gasteiger partial charge is 0.154 e. The Labute approximate surface area is 158 Å². The maximum atomic E-state index is 11.3. The van der Waals surface area contributed by atoms with E-state index in [4.69, 9.17) is 0 Å². The highest BCUT2D eigenvalue weighted by atomic mass is 16.3. The first-order valence-electron chi connectivity index (χ1n) is 9.33. The minimum Gasteiger partial charge on any atom is -0.507 e. The Hall–Kier alpha value is -2.92. The molecule has 0 aliphatic carbocycles. The van der Waals surface area contributed by atoms with Crippen LogP contribution in [0.2, 0.25) is 0 Å². The van der Waals surface area contributed by atoms with E-state index in [2.05, 4.69) is 27.3 Å². The number of pyridine rings is 1. The number of nitrogens with one attached hydrogen (secondary N) is 1. The molecule has 0 saturated carbocycles. The number of phenols is 1. The maximum absolute atomic E-state index is 11.3. The van der Waals surface area contributed by atoms with Gasteiger partial charge in [-0.25, -0.2) is 0 Å². The molecule has 1 atom stereocenters. The summed E-state index contributed by atoms with van der Waals surface area (Å²) in [6.07, 6.45) is 6.71. The number of carbonyl (C=O) groups is 1. The van der Waals surface area contributed by atoms with Gasteiger partial charge in [0.15, 0.2) is 6.29 Å². The molecule has 0 bridgehead atoms. The van der Waals surface area contributed by atoms with Gasteiger partial charge < -0.3 is 15.3 Å². The second-order valence-corrected chi connectivity index (χ2v) is 7.05. The summed E-state index contributed by atoms with van der Waals surface area (Å²) in [4.78, 5) is 17.8. The molecule has 1 fully saturated rings. The number of aromatic nitrogens is 1. The molecule has 1 saturated heterocycles. The number of benzene rings is 2. The number of anilines is 1. The topological polar surface area (TPSA) is 65.5 Å². The third-order valence-electron chi connectivity index (χ3n) is 5.24. The van der Waals surface area contributed by atoms with Gasteiger partial charge in [-0.05, 0) is 53.4 Å². The van der Waals surface area contributed by atoms with Crippen molar-refractivity contribution in [2.75, 3.05) is 18.0 Å². The molecule has 2 aromatic carbocycles. The Morgan fingerprint density at radius 3 is 3.00 bits per heavy atom. The van der Waals surface area contributed by atoms with Crippen molar-refractivity contribution >= 4 is 22.7 Å². The van der Waals surface area contributed by atoms with Crippen molar-refractivity contribution in [2.45, 2.75) is 25.4 Å². The molecule has 1 aliphatic rings. The van der Waals surface area contributed by atoms with Crippen LogP contribution in [-0.2, 0) is 6.54 Å². The highest BCUT2D eigenvalue weighted by molar-refractivity contribution is 6.01. The van der Waals surface area contributed by atoms with Crippen LogP contribution in [-0.4, -0.2) is 35.5 Å². The molecule has 2 N–H and O–H groups in total. The van der Waals surface area contributed by atoms with Crippen LogP contribution in [0.15, 0.2) is 54.9 Å². The minimum absolute atomic E-state index is 0.0305. The quantitative estimate of drug-likeness (QED) is 0.681. The zero-order valence-corrected chi connectivity index (χ0v) is 15.1. The second kappa shape index (κ2) is 7.76. The third kappa shape index (κ3) is 3.78. The van der Waals surface area contributed by atoms with E-state index in [0.29, 0.717) is 11.6 Å². The fraction of sp³-hybridized carbons (Fsp3) is 0.273. The van der Waals surface area contributed by atoms with E-state index in [1.54, 1.807) is 12.3 Å². The Kier molecular flexibility index (Phi) is 5.03. The van der Waals surface area contributed by atoms with Crippen LogP contribution < -0.4 is 10.2 Å². The van der Waals surface area contributed by atoms with E-state index in [0.717, 1.165) is 55.2 Å². The molecule has 1 unspecified atom stereocenters. The highest BCUT2D eigenvalue weighted by Crippen LogP contribution is 2.30. The molecule has 4 rings (SSSR count). The van der Waals surface area contributed by atoms with E-state index in [1.165, 1.54) is 5.56 Å². The van der Waals surface area contributed by atoms with Gasteiger partial charge in [0.25, 0.3) is 0 Å². The van der Waals surface area contributed by atoms with Gasteiger partial charge in [0.2, 0.25) is 0 Å². The van der Waals surface area contributed by atoms with Crippen molar-refractivity contribution in [3.05, 3.63) is 66.0 Å². The summed E-state index contributed by atoms with van der Waals surface area (Å²) in [5.74, 6) is 0.0305. The monoisotopic (exact) mass is 361 g/mol.